The summed E-state index contributed by atoms with van der Waals surface area (Å²) in [6.07, 6.45) is 0. The van der Waals surface area contributed by atoms with Gasteiger partial charge in [-0.15, -0.1) is 0 Å². The molecule has 100 valence electrons. The van der Waals surface area contributed by atoms with Gasteiger partial charge in [-0.3, -0.25) is 14.9 Å². The van der Waals surface area contributed by atoms with Crippen LogP contribution >= 0.6 is 0 Å². The highest BCUT2D eigenvalue weighted by atomic mass is 16.6. The molecule has 0 aliphatic heterocycles. The number of carbonyl (C=O) groups excluding carboxylic acids is 1. The standard InChI is InChI=1S/C13H15N3O3/c1-8(2)10(7-14)13(17)15-11-6-9(3)4-5-12(11)16(18)19/h4-6,8,10H,1-3H3,(H,15,17). The summed E-state index contributed by atoms with van der Waals surface area (Å²) < 4.78 is 0. The average Bonchev–Trinajstić information content (AvgIpc) is 2.28. The number of anilines is 1. The van der Waals surface area contributed by atoms with Crippen molar-refractivity contribution in [2.24, 2.45) is 11.8 Å². The number of nitro benzene ring substituents is 1. The summed E-state index contributed by atoms with van der Waals surface area (Å²) >= 11 is 0. The van der Waals surface area contributed by atoms with E-state index in [1.165, 1.54) is 12.1 Å². The molecule has 1 N–H and O–H groups in total. The van der Waals surface area contributed by atoms with E-state index in [2.05, 4.69) is 5.32 Å². The molecule has 1 atom stereocenters. The maximum Gasteiger partial charge on any atom is 0.292 e. The van der Waals surface area contributed by atoms with E-state index in [4.69, 9.17) is 5.26 Å². The first-order chi connectivity index (χ1) is 8.86. The van der Waals surface area contributed by atoms with E-state index in [1.54, 1.807) is 26.8 Å². The van der Waals surface area contributed by atoms with Crippen molar-refractivity contribution in [1.82, 2.24) is 0 Å². The van der Waals surface area contributed by atoms with Gasteiger partial charge in [0.15, 0.2) is 0 Å². The Morgan fingerprint density at radius 1 is 1.47 bits per heavy atom. The van der Waals surface area contributed by atoms with Crippen LogP contribution in [-0.4, -0.2) is 10.8 Å². The molecule has 6 heteroatoms. The third-order valence-electron chi connectivity index (χ3n) is 2.69. The maximum absolute atomic E-state index is 11.9. The number of rotatable bonds is 4. The van der Waals surface area contributed by atoms with Crippen molar-refractivity contribution in [2.45, 2.75) is 20.8 Å². The SMILES string of the molecule is Cc1ccc([N+](=O)[O-])c(NC(=O)C(C#N)C(C)C)c1. The number of amides is 1. The van der Waals surface area contributed by atoms with Gasteiger partial charge in [-0.2, -0.15) is 5.26 Å². The van der Waals surface area contributed by atoms with Gasteiger partial charge in [0.2, 0.25) is 5.91 Å². The predicted octanol–water partition coefficient (Wildman–Crippen LogP) is 2.64. The van der Waals surface area contributed by atoms with Gasteiger partial charge in [-0.1, -0.05) is 19.9 Å². The zero-order valence-electron chi connectivity index (χ0n) is 11.0. The van der Waals surface area contributed by atoms with Crippen LogP contribution in [0.15, 0.2) is 18.2 Å². The van der Waals surface area contributed by atoms with E-state index < -0.39 is 16.7 Å². The van der Waals surface area contributed by atoms with Gasteiger partial charge in [0.05, 0.1) is 11.0 Å². The Bertz CT molecular complexity index is 547. The minimum atomic E-state index is -0.833. The number of nitrogens with zero attached hydrogens (tertiary/aromatic N) is 2. The molecule has 0 aliphatic rings. The van der Waals surface area contributed by atoms with Gasteiger partial charge < -0.3 is 5.32 Å². The van der Waals surface area contributed by atoms with Gasteiger partial charge in [-0.05, 0) is 24.5 Å². The molecule has 0 heterocycles. The molecule has 1 rings (SSSR count). The summed E-state index contributed by atoms with van der Waals surface area (Å²) in [5, 5.41) is 22.3. The Balaban J connectivity index is 3.06. The van der Waals surface area contributed by atoms with Crippen LogP contribution in [0.3, 0.4) is 0 Å². The van der Waals surface area contributed by atoms with Crippen LogP contribution in [0.25, 0.3) is 0 Å². The fourth-order valence-electron chi connectivity index (χ4n) is 1.63. The van der Waals surface area contributed by atoms with E-state index in [0.717, 1.165) is 5.56 Å². The highest BCUT2D eigenvalue weighted by molar-refractivity contribution is 5.96. The topological polar surface area (TPSA) is 96.0 Å². The van der Waals surface area contributed by atoms with Crippen LogP contribution < -0.4 is 5.32 Å². The van der Waals surface area contributed by atoms with Crippen LogP contribution in [-0.2, 0) is 4.79 Å². The first kappa shape index (κ1) is 14.6. The van der Waals surface area contributed by atoms with Crippen LogP contribution in [0, 0.1) is 40.2 Å². The molecule has 0 saturated carbocycles. The number of benzene rings is 1. The third kappa shape index (κ3) is 3.52. The molecule has 1 aromatic carbocycles. The monoisotopic (exact) mass is 261 g/mol. The number of nitriles is 1. The van der Waals surface area contributed by atoms with Gasteiger partial charge in [0, 0.05) is 6.07 Å². The largest absolute Gasteiger partial charge is 0.319 e. The van der Waals surface area contributed by atoms with Gasteiger partial charge in [0.1, 0.15) is 11.6 Å². The lowest BCUT2D eigenvalue weighted by Crippen LogP contribution is -2.26. The normalized spacial score (nSPS) is 11.7. The number of nitro groups is 1. The Morgan fingerprint density at radius 3 is 2.58 bits per heavy atom. The zero-order chi connectivity index (χ0) is 14.6. The van der Waals surface area contributed by atoms with Crippen LogP contribution in [0.2, 0.25) is 0 Å². The number of hydrogen-bond acceptors (Lipinski definition) is 4. The molecule has 0 aromatic heterocycles. The van der Waals surface area contributed by atoms with Crippen LogP contribution in [0.1, 0.15) is 19.4 Å². The first-order valence-corrected chi connectivity index (χ1v) is 5.82. The molecule has 6 nitrogen and oxygen atoms in total. The van der Waals surface area contributed by atoms with E-state index in [-0.39, 0.29) is 17.3 Å². The second-order valence-corrected chi connectivity index (χ2v) is 4.62. The lowest BCUT2D eigenvalue weighted by atomic mass is 9.96. The first-order valence-electron chi connectivity index (χ1n) is 5.82. The molecule has 0 bridgehead atoms. The molecular weight excluding hydrogens is 246 g/mol. The molecule has 1 unspecified atom stereocenters. The second kappa shape index (κ2) is 5.96. The molecule has 1 aromatic rings. The number of nitrogens with one attached hydrogen (secondary N) is 1. The molecule has 0 aliphatic carbocycles. The van der Waals surface area contributed by atoms with Crippen molar-refractivity contribution in [3.63, 3.8) is 0 Å². The van der Waals surface area contributed by atoms with Crippen molar-refractivity contribution in [3.05, 3.63) is 33.9 Å². The molecule has 1 amide bonds. The zero-order valence-corrected chi connectivity index (χ0v) is 11.0. The van der Waals surface area contributed by atoms with Crippen molar-refractivity contribution in [1.29, 1.82) is 5.26 Å². The quantitative estimate of drug-likeness (QED) is 0.665. The van der Waals surface area contributed by atoms with Crippen molar-refractivity contribution in [2.75, 3.05) is 5.32 Å². The molecule has 0 radical (unpaired) electrons. The summed E-state index contributed by atoms with van der Waals surface area (Å²) in [6.45, 7) is 5.26. The van der Waals surface area contributed by atoms with Crippen molar-refractivity contribution < 1.29 is 9.72 Å². The molecule has 19 heavy (non-hydrogen) atoms. The van der Waals surface area contributed by atoms with Crippen molar-refractivity contribution in [3.8, 4) is 6.07 Å². The lowest BCUT2D eigenvalue weighted by Gasteiger charge is -2.13. The van der Waals surface area contributed by atoms with E-state index in [0.29, 0.717) is 0 Å². The maximum atomic E-state index is 11.9. The molecule has 0 saturated heterocycles. The minimum absolute atomic E-state index is 0.121. The van der Waals surface area contributed by atoms with E-state index in [9.17, 15) is 14.9 Å². The van der Waals surface area contributed by atoms with Gasteiger partial charge >= 0.3 is 0 Å². The van der Waals surface area contributed by atoms with Gasteiger partial charge in [0.25, 0.3) is 5.69 Å². The average molecular weight is 261 g/mol. The predicted molar refractivity (Wildman–Crippen MR) is 70.4 cm³/mol. The van der Waals surface area contributed by atoms with E-state index >= 15 is 0 Å². The number of hydrogen-bond donors (Lipinski definition) is 1. The number of carbonyl (C=O) groups is 1. The summed E-state index contributed by atoms with van der Waals surface area (Å²) in [5.41, 5.74) is 0.731. The second-order valence-electron chi connectivity index (χ2n) is 4.62. The van der Waals surface area contributed by atoms with Crippen LogP contribution in [0.5, 0.6) is 0 Å². The Morgan fingerprint density at radius 2 is 2.11 bits per heavy atom. The van der Waals surface area contributed by atoms with Crippen molar-refractivity contribution >= 4 is 17.3 Å². The fraction of sp³-hybridized carbons (Fsp3) is 0.385. The van der Waals surface area contributed by atoms with E-state index in [1.807, 2.05) is 6.07 Å². The summed E-state index contributed by atoms with van der Waals surface area (Å²) in [5.74, 6) is -1.51. The Kier molecular flexibility index (Phi) is 4.59. The molecular formula is C13H15N3O3. The lowest BCUT2D eigenvalue weighted by molar-refractivity contribution is -0.383. The fourth-order valence-corrected chi connectivity index (χ4v) is 1.63. The molecule has 0 spiro atoms. The Labute approximate surface area is 111 Å². The summed E-state index contributed by atoms with van der Waals surface area (Å²) in [4.78, 5) is 22.2. The summed E-state index contributed by atoms with van der Waals surface area (Å²) in [6, 6.07) is 6.35. The number of aryl methyl sites for hydroxylation is 1. The smallest absolute Gasteiger partial charge is 0.292 e. The Hall–Kier alpha value is -2.42. The summed E-state index contributed by atoms with van der Waals surface area (Å²) in [7, 11) is 0. The minimum Gasteiger partial charge on any atom is -0.319 e. The van der Waals surface area contributed by atoms with Crippen LogP contribution in [0.4, 0.5) is 11.4 Å². The highest BCUT2D eigenvalue weighted by Crippen LogP contribution is 2.26. The molecule has 0 fully saturated rings. The van der Waals surface area contributed by atoms with Gasteiger partial charge in [-0.25, -0.2) is 0 Å². The highest BCUT2D eigenvalue weighted by Gasteiger charge is 2.24. The third-order valence-corrected chi connectivity index (χ3v) is 2.69.